The van der Waals surface area contributed by atoms with E-state index >= 15 is 0 Å². The van der Waals surface area contributed by atoms with Gasteiger partial charge in [-0.3, -0.25) is 0 Å². The summed E-state index contributed by atoms with van der Waals surface area (Å²) >= 11 is 0. The van der Waals surface area contributed by atoms with Crippen LogP contribution in [-0.2, 0) is 4.74 Å². The summed E-state index contributed by atoms with van der Waals surface area (Å²) in [4.78, 5) is 11.6. The molecule has 4 heteroatoms. The summed E-state index contributed by atoms with van der Waals surface area (Å²) in [6.07, 6.45) is 0. The van der Waals surface area contributed by atoms with Gasteiger partial charge in [0, 0.05) is 11.3 Å². The Hall–Kier alpha value is -2.49. The Balaban J connectivity index is 2.27. The third kappa shape index (κ3) is 3.34. The molecule has 2 N–H and O–H groups in total. The molecule has 0 saturated carbocycles. The second-order valence-electron chi connectivity index (χ2n) is 4.95. The number of hydrogen-bond acceptors (Lipinski definition) is 4. The summed E-state index contributed by atoms with van der Waals surface area (Å²) in [6, 6.07) is 12.5. The lowest BCUT2D eigenvalue weighted by atomic mass is 10.0. The summed E-state index contributed by atoms with van der Waals surface area (Å²) < 4.78 is 4.73. The van der Waals surface area contributed by atoms with E-state index in [9.17, 15) is 9.90 Å². The van der Waals surface area contributed by atoms with Crippen molar-refractivity contribution in [1.29, 1.82) is 0 Å². The highest BCUT2D eigenvalue weighted by atomic mass is 16.5. The third-order valence-electron chi connectivity index (χ3n) is 3.43. The first-order valence-electron chi connectivity index (χ1n) is 6.76. The van der Waals surface area contributed by atoms with Crippen molar-refractivity contribution in [3.63, 3.8) is 0 Å². The van der Waals surface area contributed by atoms with Gasteiger partial charge in [-0.05, 0) is 37.6 Å². The average molecular weight is 285 g/mol. The van der Waals surface area contributed by atoms with Crippen molar-refractivity contribution in [3.8, 4) is 5.75 Å². The van der Waals surface area contributed by atoms with Crippen LogP contribution in [0.1, 0.15) is 34.5 Å². The number of benzene rings is 2. The van der Waals surface area contributed by atoms with Crippen LogP contribution in [0.2, 0.25) is 0 Å². The predicted octanol–water partition coefficient (Wildman–Crippen LogP) is 3.66. The van der Waals surface area contributed by atoms with Crippen molar-refractivity contribution >= 4 is 11.7 Å². The molecule has 0 aliphatic rings. The molecule has 0 fully saturated rings. The molecule has 1 atom stereocenters. The predicted molar refractivity (Wildman–Crippen MR) is 82.7 cm³/mol. The van der Waals surface area contributed by atoms with E-state index in [-0.39, 0.29) is 17.8 Å². The normalized spacial score (nSPS) is 11.8. The molecular formula is C17H19NO3. The lowest BCUT2D eigenvalue weighted by molar-refractivity contribution is 0.0601. The number of rotatable bonds is 4. The van der Waals surface area contributed by atoms with Crippen LogP contribution >= 0.6 is 0 Å². The second kappa shape index (κ2) is 6.31. The molecule has 0 radical (unpaired) electrons. The fourth-order valence-corrected chi connectivity index (χ4v) is 2.19. The molecule has 2 aromatic carbocycles. The van der Waals surface area contributed by atoms with E-state index in [0.29, 0.717) is 5.56 Å². The standard InChI is InChI=1S/C17H19NO3/c1-11-8-9-13(17(20)21-3)10-15(11)18-12(2)14-6-4-5-7-16(14)19/h4-10,12,18-19H,1-3H3. The number of aromatic hydroxyl groups is 1. The first-order valence-corrected chi connectivity index (χ1v) is 6.76. The molecule has 0 aliphatic carbocycles. The monoisotopic (exact) mass is 285 g/mol. The minimum Gasteiger partial charge on any atom is -0.508 e. The number of phenols is 1. The van der Waals surface area contributed by atoms with Gasteiger partial charge in [0.2, 0.25) is 0 Å². The van der Waals surface area contributed by atoms with E-state index in [2.05, 4.69) is 5.32 Å². The SMILES string of the molecule is COC(=O)c1ccc(C)c(NC(C)c2ccccc2O)c1. The Morgan fingerprint density at radius 1 is 1.24 bits per heavy atom. The van der Waals surface area contributed by atoms with E-state index in [1.54, 1.807) is 24.3 Å². The zero-order chi connectivity index (χ0) is 15.4. The van der Waals surface area contributed by atoms with Gasteiger partial charge in [0.15, 0.2) is 0 Å². The minimum absolute atomic E-state index is 0.0854. The number of esters is 1. The van der Waals surface area contributed by atoms with Crippen molar-refractivity contribution in [3.05, 3.63) is 59.2 Å². The van der Waals surface area contributed by atoms with Crippen molar-refractivity contribution < 1.29 is 14.6 Å². The quantitative estimate of drug-likeness (QED) is 0.842. The van der Waals surface area contributed by atoms with Crippen LogP contribution in [0.25, 0.3) is 0 Å². The van der Waals surface area contributed by atoms with Crippen LogP contribution in [-0.4, -0.2) is 18.2 Å². The Morgan fingerprint density at radius 3 is 2.62 bits per heavy atom. The summed E-state index contributed by atoms with van der Waals surface area (Å²) in [5.41, 5.74) is 3.16. The Labute approximate surface area is 124 Å². The van der Waals surface area contributed by atoms with Crippen molar-refractivity contribution in [1.82, 2.24) is 0 Å². The third-order valence-corrected chi connectivity index (χ3v) is 3.43. The number of nitrogens with one attached hydrogen (secondary N) is 1. The molecule has 4 nitrogen and oxygen atoms in total. The van der Waals surface area contributed by atoms with Gasteiger partial charge in [0.25, 0.3) is 0 Å². The van der Waals surface area contributed by atoms with Gasteiger partial charge in [-0.15, -0.1) is 0 Å². The topological polar surface area (TPSA) is 58.6 Å². The van der Waals surface area contributed by atoms with Crippen LogP contribution < -0.4 is 5.32 Å². The molecule has 0 bridgehead atoms. The Kier molecular flexibility index (Phi) is 4.48. The molecule has 0 spiro atoms. The highest BCUT2D eigenvalue weighted by Crippen LogP contribution is 2.28. The molecule has 2 rings (SSSR count). The molecule has 0 aromatic heterocycles. The molecule has 2 aromatic rings. The van der Waals surface area contributed by atoms with Crippen LogP contribution in [0.5, 0.6) is 5.75 Å². The van der Waals surface area contributed by atoms with E-state index in [4.69, 9.17) is 4.74 Å². The average Bonchev–Trinajstić information content (AvgIpc) is 2.49. The maximum Gasteiger partial charge on any atom is 0.337 e. The van der Waals surface area contributed by atoms with Gasteiger partial charge in [-0.2, -0.15) is 0 Å². The molecule has 0 amide bonds. The molecule has 21 heavy (non-hydrogen) atoms. The van der Waals surface area contributed by atoms with Crippen LogP contribution in [0.15, 0.2) is 42.5 Å². The first kappa shape index (κ1) is 14.9. The fraction of sp³-hybridized carbons (Fsp3) is 0.235. The van der Waals surface area contributed by atoms with Crippen LogP contribution in [0, 0.1) is 6.92 Å². The maximum atomic E-state index is 11.6. The van der Waals surface area contributed by atoms with Gasteiger partial charge in [0.05, 0.1) is 18.7 Å². The number of ether oxygens (including phenoxy) is 1. The fourth-order valence-electron chi connectivity index (χ4n) is 2.19. The van der Waals surface area contributed by atoms with E-state index in [1.165, 1.54) is 7.11 Å². The summed E-state index contributed by atoms with van der Waals surface area (Å²) in [5, 5.41) is 13.2. The number of hydrogen-bond donors (Lipinski definition) is 2. The summed E-state index contributed by atoms with van der Waals surface area (Å²) in [7, 11) is 1.36. The molecule has 1 unspecified atom stereocenters. The number of aryl methyl sites for hydroxylation is 1. The Bertz CT molecular complexity index is 652. The maximum absolute atomic E-state index is 11.6. The first-order chi connectivity index (χ1) is 10.0. The lowest BCUT2D eigenvalue weighted by Crippen LogP contribution is -2.09. The van der Waals surface area contributed by atoms with E-state index in [1.807, 2.05) is 32.0 Å². The van der Waals surface area contributed by atoms with Crippen molar-refractivity contribution in [2.24, 2.45) is 0 Å². The number of anilines is 1. The van der Waals surface area contributed by atoms with Gasteiger partial charge in [0.1, 0.15) is 5.75 Å². The minimum atomic E-state index is -0.367. The van der Waals surface area contributed by atoms with Gasteiger partial charge < -0.3 is 15.2 Å². The Morgan fingerprint density at radius 2 is 1.95 bits per heavy atom. The molecule has 110 valence electrons. The number of methoxy groups -OCH3 is 1. The zero-order valence-electron chi connectivity index (χ0n) is 12.4. The number of carbonyl (C=O) groups is 1. The summed E-state index contributed by atoms with van der Waals surface area (Å²) in [5.74, 6) is -0.118. The smallest absolute Gasteiger partial charge is 0.337 e. The zero-order valence-corrected chi connectivity index (χ0v) is 12.4. The van der Waals surface area contributed by atoms with Crippen LogP contribution in [0.3, 0.4) is 0 Å². The number of phenolic OH excluding ortho intramolecular Hbond substituents is 1. The van der Waals surface area contributed by atoms with Crippen LogP contribution in [0.4, 0.5) is 5.69 Å². The highest BCUT2D eigenvalue weighted by Gasteiger charge is 2.13. The summed E-state index contributed by atoms with van der Waals surface area (Å²) in [6.45, 7) is 3.92. The van der Waals surface area contributed by atoms with Crippen molar-refractivity contribution in [2.45, 2.75) is 19.9 Å². The highest BCUT2D eigenvalue weighted by molar-refractivity contribution is 5.90. The molecule has 0 saturated heterocycles. The molecule has 0 aliphatic heterocycles. The lowest BCUT2D eigenvalue weighted by Gasteiger charge is -2.19. The number of carbonyl (C=O) groups excluding carboxylic acids is 1. The van der Waals surface area contributed by atoms with E-state index < -0.39 is 0 Å². The second-order valence-corrected chi connectivity index (χ2v) is 4.95. The van der Waals surface area contributed by atoms with Gasteiger partial charge >= 0.3 is 5.97 Å². The molecule has 0 heterocycles. The largest absolute Gasteiger partial charge is 0.508 e. The van der Waals surface area contributed by atoms with Gasteiger partial charge in [-0.25, -0.2) is 4.79 Å². The van der Waals surface area contributed by atoms with Crippen molar-refractivity contribution in [2.75, 3.05) is 12.4 Å². The van der Waals surface area contributed by atoms with Gasteiger partial charge in [-0.1, -0.05) is 24.3 Å². The van der Waals surface area contributed by atoms with E-state index in [0.717, 1.165) is 16.8 Å². The number of para-hydroxylation sites is 1. The molecular weight excluding hydrogens is 266 g/mol.